The molecule has 0 aromatic carbocycles. The van der Waals surface area contributed by atoms with Gasteiger partial charge in [-0.15, -0.1) is 11.3 Å². The summed E-state index contributed by atoms with van der Waals surface area (Å²) in [6, 6.07) is 4.10. The summed E-state index contributed by atoms with van der Waals surface area (Å²) in [5, 5.41) is 0. The Hall–Kier alpha value is -0.130. The standard InChI is InChI=1S/C13H18ClNO2S/c14-12-4-3-11(18-12)9-15-5-1-2-10(8-15)13-16-6-7-17-13/h3-4,10,13H,1-2,5-9H2. The van der Waals surface area contributed by atoms with E-state index in [1.54, 1.807) is 11.3 Å². The molecule has 2 aliphatic heterocycles. The van der Waals surface area contributed by atoms with Crippen LogP contribution in [0.1, 0.15) is 17.7 Å². The third-order valence-electron chi connectivity index (χ3n) is 3.58. The maximum absolute atomic E-state index is 5.97. The Balaban J connectivity index is 1.56. The van der Waals surface area contributed by atoms with Crippen molar-refractivity contribution in [3.63, 3.8) is 0 Å². The molecule has 2 saturated heterocycles. The van der Waals surface area contributed by atoms with Crippen LogP contribution in [0.25, 0.3) is 0 Å². The highest BCUT2D eigenvalue weighted by Crippen LogP contribution is 2.28. The van der Waals surface area contributed by atoms with Gasteiger partial charge in [-0.25, -0.2) is 0 Å². The second-order valence-corrected chi connectivity index (χ2v) is 6.75. The van der Waals surface area contributed by atoms with Gasteiger partial charge < -0.3 is 9.47 Å². The van der Waals surface area contributed by atoms with E-state index in [1.807, 2.05) is 6.07 Å². The molecule has 5 heteroatoms. The third kappa shape index (κ3) is 3.06. The van der Waals surface area contributed by atoms with E-state index in [4.69, 9.17) is 21.1 Å². The molecule has 0 spiro atoms. The van der Waals surface area contributed by atoms with Crippen LogP contribution in [0, 0.1) is 5.92 Å². The Morgan fingerprint density at radius 2 is 2.17 bits per heavy atom. The van der Waals surface area contributed by atoms with Crippen molar-refractivity contribution < 1.29 is 9.47 Å². The Labute approximate surface area is 117 Å². The molecular weight excluding hydrogens is 270 g/mol. The van der Waals surface area contributed by atoms with Gasteiger partial charge in [0.05, 0.1) is 17.6 Å². The van der Waals surface area contributed by atoms with E-state index >= 15 is 0 Å². The molecule has 0 amide bonds. The molecule has 18 heavy (non-hydrogen) atoms. The van der Waals surface area contributed by atoms with Crippen LogP contribution in [0.4, 0.5) is 0 Å². The molecule has 3 nitrogen and oxygen atoms in total. The summed E-state index contributed by atoms with van der Waals surface area (Å²) in [5.74, 6) is 0.525. The van der Waals surface area contributed by atoms with Crippen LogP contribution in [0.3, 0.4) is 0 Å². The van der Waals surface area contributed by atoms with Crippen LogP contribution >= 0.6 is 22.9 Å². The van der Waals surface area contributed by atoms with Gasteiger partial charge in [-0.3, -0.25) is 4.90 Å². The molecule has 0 N–H and O–H groups in total. The maximum atomic E-state index is 5.97. The molecule has 1 unspecified atom stereocenters. The van der Waals surface area contributed by atoms with Crippen LogP contribution in [-0.2, 0) is 16.0 Å². The number of halogens is 1. The van der Waals surface area contributed by atoms with Gasteiger partial charge in [-0.1, -0.05) is 11.6 Å². The minimum atomic E-state index is 0.0275. The molecule has 100 valence electrons. The van der Waals surface area contributed by atoms with Crippen molar-refractivity contribution in [2.75, 3.05) is 26.3 Å². The van der Waals surface area contributed by atoms with E-state index in [1.165, 1.54) is 24.3 Å². The number of hydrogen-bond donors (Lipinski definition) is 0. The first-order chi connectivity index (χ1) is 8.81. The highest BCUT2D eigenvalue weighted by atomic mass is 35.5. The lowest BCUT2D eigenvalue weighted by Gasteiger charge is -2.34. The minimum absolute atomic E-state index is 0.0275. The molecule has 0 bridgehead atoms. The summed E-state index contributed by atoms with van der Waals surface area (Å²) in [7, 11) is 0. The van der Waals surface area contributed by atoms with Crippen LogP contribution in [0.5, 0.6) is 0 Å². The average Bonchev–Trinajstić information content (AvgIpc) is 3.01. The zero-order chi connectivity index (χ0) is 12.4. The lowest BCUT2D eigenvalue weighted by atomic mass is 9.97. The van der Waals surface area contributed by atoms with Crippen LogP contribution in [-0.4, -0.2) is 37.5 Å². The number of ether oxygens (including phenoxy) is 2. The molecule has 0 saturated carbocycles. The molecule has 1 aromatic rings. The van der Waals surface area contributed by atoms with Crippen molar-refractivity contribution in [2.24, 2.45) is 5.92 Å². The fraction of sp³-hybridized carbons (Fsp3) is 0.692. The number of likely N-dealkylation sites (tertiary alicyclic amines) is 1. The molecule has 0 radical (unpaired) electrons. The van der Waals surface area contributed by atoms with E-state index in [-0.39, 0.29) is 6.29 Å². The second-order valence-electron chi connectivity index (χ2n) is 4.95. The first kappa shape index (κ1) is 12.9. The van der Waals surface area contributed by atoms with Crippen LogP contribution < -0.4 is 0 Å². The Bertz CT molecular complexity index is 392. The minimum Gasteiger partial charge on any atom is -0.350 e. The summed E-state index contributed by atoms with van der Waals surface area (Å²) in [6.07, 6.45) is 2.47. The van der Waals surface area contributed by atoms with Gasteiger partial charge in [-0.05, 0) is 31.5 Å². The van der Waals surface area contributed by atoms with Gasteiger partial charge in [0.1, 0.15) is 0 Å². The van der Waals surface area contributed by atoms with E-state index in [0.29, 0.717) is 5.92 Å². The van der Waals surface area contributed by atoms with E-state index < -0.39 is 0 Å². The number of thiophene rings is 1. The third-order valence-corrected chi connectivity index (χ3v) is 4.80. The second kappa shape index (κ2) is 5.88. The van der Waals surface area contributed by atoms with Crippen molar-refractivity contribution in [1.29, 1.82) is 0 Å². The summed E-state index contributed by atoms with van der Waals surface area (Å²) in [6.45, 7) is 4.74. The van der Waals surface area contributed by atoms with Crippen LogP contribution in [0.15, 0.2) is 12.1 Å². The first-order valence-electron chi connectivity index (χ1n) is 6.51. The molecule has 2 fully saturated rings. The van der Waals surface area contributed by atoms with Crippen molar-refractivity contribution >= 4 is 22.9 Å². The van der Waals surface area contributed by atoms with E-state index in [0.717, 1.165) is 30.6 Å². The Morgan fingerprint density at radius 3 is 2.89 bits per heavy atom. The maximum Gasteiger partial charge on any atom is 0.161 e. The summed E-state index contributed by atoms with van der Waals surface area (Å²) < 4.78 is 12.1. The molecular formula is C13H18ClNO2S. The largest absolute Gasteiger partial charge is 0.350 e. The predicted octanol–water partition coefficient (Wildman–Crippen LogP) is 2.99. The number of hydrogen-bond acceptors (Lipinski definition) is 4. The molecule has 0 aliphatic carbocycles. The predicted molar refractivity (Wildman–Crippen MR) is 73.0 cm³/mol. The number of nitrogens with zero attached hydrogens (tertiary/aromatic N) is 1. The van der Waals surface area contributed by atoms with Gasteiger partial charge in [0.15, 0.2) is 6.29 Å². The fourth-order valence-electron chi connectivity index (χ4n) is 2.76. The number of piperidine rings is 1. The summed E-state index contributed by atoms with van der Waals surface area (Å²) in [4.78, 5) is 3.83. The van der Waals surface area contributed by atoms with Gasteiger partial charge in [0, 0.05) is 23.9 Å². The monoisotopic (exact) mass is 287 g/mol. The molecule has 3 heterocycles. The van der Waals surface area contributed by atoms with E-state index in [2.05, 4.69) is 11.0 Å². The van der Waals surface area contributed by atoms with Gasteiger partial charge in [0.25, 0.3) is 0 Å². The molecule has 2 aliphatic rings. The van der Waals surface area contributed by atoms with Gasteiger partial charge >= 0.3 is 0 Å². The van der Waals surface area contributed by atoms with Gasteiger partial charge in [0.2, 0.25) is 0 Å². The van der Waals surface area contributed by atoms with Crippen molar-refractivity contribution in [3.05, 3.63) is 21.3 Å². The highest BCUT2D eigenvalue weighted by molar-refractivity contribution is 7.16. The van der Waals surface area contributed by atoms with Crippen LogP contribution in [0.2, 0.25) is 4.34 Å². The Morgan fingerprint density at radius 1 is 1.33 bits per heavy atom. The normalized spacial score (nSPS) is 26.8. The van der Waals surface area contributed by atoms with Crippen molar-refractivity contribution in [2.45, 2.75) is 25.7 Å². The lowest BCUT2D eigenvalue weighted by molar-refractivity contribution is -0.101. The summed E-state index contributed by atoms with van der Waals surface area (Å²) >= 11 is 7.65. The van der Waals surface area contributed by atoms with Gasteiger partial charge in [-0.2, -0.15) is 0 Å². The SMILES string of the molecule is Clc1ccc(CN2CCCC(C3OCCO3)C2)s1. The quantitative estimate of drug-likeness (QED) is 0.853. The zero-order valence-corrected chi connectivity index (χ0v) is 11.9. The smallest absolute Gasteiger partial charge is 0.161 e. The van der Waals surface area contributed by atoms with E-state index in [9.17, 15) is 0 Å². The fourth-order valence-corrected chi connectivity index (χ4v) is 3.89. The lowest BCUT2D eigenvalue weighted by Crippen LogP contribution is -2.40. The number of rotatable bonds is 3. The Kier molecular flexibility index (Phi) is 4.21. The first-order valence-corrected chi connectivity index (χ1v) is 7.70. The molecule has 1 atom stereocenters. The molecule has 1 aromatic heterocycles. The van der Waals surface area contributed by atoms with Crippen molar-refractivity contribution in [3.8, 4) is 0 Å². The average molecular weight is 288 g/mol. The highest BCUT2D eigenvalue weighted by Gasteiger charge is 2.31. The zero-order valence-electron chi connectivity index (χ0n) is 10.3. The summed E-state index contributed by atoms with van der Waals surface area (Å²) in [5.41, 5.74) is 0. The topological polar surface area (TPSA) is 21.7 Å². The molecule has 3 rings (SSSR count). The van der Waals surface area contributed by atoms with Crippen molar-refractivity contribution in [1.82, 2.24) is 4.90 Å².